The van der Waals surface area contributed by atoms with Crippen LogP contribution in [0, 0.1) is 0 Å². The monoisotopic (exact) mass is 347 g/mol. The Hall–Kier alpha value is -2.84. The molecule has 0 fully saturated rings. The highest BCUT2D eigenvalue weighted by atomic mass is 16.5. The van der Waals surface area contributed by atoms with E-state index in [4.69, 9.17) is 4.74 Å². The molecule has 9 heteroatoms. The number of fused-ring (bicyclic) bond motifs is 3. The van der Waals surface area contributed by atoms with Gasteiger partial charge in [0.15, 0.2) is 11.2 Å². The fourth-order valence-electron chi connectivity index (χ4n) is 2.96. The van der Waals surface area contributed by atoms with E-state index in [1.54, 1.807) is 22.2 Å². The molecule has 134 valence electrons. The van der Waals surface area contributed by atoms with Crippen LogP contribution in [0.3, 0.4) is 0 Å². The zero-order valence-corrected chi connectivity index (χ0v) is 15.2. The van der Waals surface area contributed by atoms with Crippen LogP contribution in [0.2, 0.25) is 0 Å². The molecule has 0 aliphatic carbocycles. The second-order valence-corrected chi connectivity index (χ2v) is 7.09. The van der Waals surface area contributed by atoms with Gasteiger partial charge in [-0.25, -0.2) is 4.79 Å². The van der Waals surface area contributed by atoms with Crippen LogP contribution in [-0.4, -0.2) is 36.2 Å². The first-order valence-electron chi connectivity index (χ1n) is 7.82. The van der Waals surface area contributed by atoms with Crippen LogP contribution in [0.1, 0.15) is 26.5 Å². The number of imidazole rings is 2. The van der Waals surface area contributed by atoms with Crippen LogP contribution in [0.25, 0.3) is 16.9 Å². The number of hydrogen-bond donors (Lipinski definition) is 0. The summed E-state index contributed by atoms with van der Waals surface area (Å²) in [6.07, 6.45) is 1.79. The number of carbonyl (C=O) groups excluding carboxylic acids is 1. The maximum Gasteiger partial charge on any atom is 0.332 e. The summed E-state index contributed by atoms with van der Waals surface area (Å²) in [7, 11) is 4.31. The van der Waals surface area contributed by atoms with Crippen LogP contribution in [0.15, 0.2) is 15.8 Å². The number of carbonyl (C=O) groups is 1. The number of aryl methyl sites for hydroxylation is 1. The third kappa shape index (κ3) is 2.38. The van der Waals surface area contributed by atoms with E-state index in [9.17, 15) is 14.4 Å². The third-order valence-electron chi connectivity index (χ3n) is 4.34. The van der Waals surface area contributed by atoms with E-state index in [0.29, 0.717) is 11.3 Å². The van der Waals surface area contributed by atoms with E-state index < -0.39 is 17.2 Å². The lowest BCUT2D eigenvalue weighted by Gasteiger charge is -2.20. The topological polar surface area (TPSA) is 92.5 Å². The van der Waals surface area contributed by atoms with Crippen molar-refractivity contribution in [2.24, 2.45) is 14.1 Å². The van der Waals surface area contributed by atoms with Crippen molar-refractivity contribution < 1.29 is 9.53 Å². The van der Waals surface area contributed by atoms with Crippen molar-refractivity contribution in [3.63, 3.8) is 0 Å². The zero-order valence-electron chi connectivity index (χ0n) is 15.2. The highest BCUT2D eigenvalue weighted by Crippen LogP contribution is 2.26. The number of aromatic nitrogens is 5. The third-order valence-corrected chi connectivity index (χ3v) is 4.34. The highest BCUT2D eigenvalue weighted by Gasteiger charge is 2.26. The standard InChI is InChI=1S/C16H21N5O4/c1-16(2,3)9-7-21-11-12(18(4)15(24)19(5)13(11)23)17-14(21)20(9)8-10(22)25-6/h7H,8H2,1-6H3. The molecule has 0 radical (unpaired) electrons. The molecule has 0 spiro atoms. The number of rotatable bonds is 2. The van der Waals surface area contributed by atoms with Crippen molar-refractivity contribution in [1.82, 2.24) is 23.1 Å². The van der Waals surface area contributed by atoms with Gasteiger partial charge in [0, 0.05) is 31.4 Å². The summed E-state index contributed by atoms with van der Waals surface area (Å²) in [6.45, 7) is 5.99. The smallest absolute Gasteiger partial charge is 0.332 e. The molecule has 0 aromatic carbocycles. The Labute approximate surface area is 143 Å². The summed E-state index contributed by atoms with van der Waals surface area (Å²) in [6, 6.07) is 0. The number of methoxy groups -OCH3 is 1. The number of nitrogens with zero attached hydrogens (tertiary/aromatic N) is 5. The van der Waals surface area contributed by atoms with Crippen molar-refractivity contribution in [1.29, 1.82) is 0 Å². The van der Waals surface area contributed by atoms with Gasteiger partial charge in [0.1, 0.15) is 6.54 Å². The van der Waals surface area contributed by atoms with Crippen molar-refractivity contribution in [3.05, 3.63) is 32.7 Å². The molecule has 3 rings (SSSR count). The molecular formula is C16H21N5O4. The molecule has 0 saturated carbocycles. The normalized spacial score (nSPS) is 12.2. The van der Waals surface area contributed by atoms with Gasteiger partial charge >= 0.3 is 11.7 Å². The Morgan fingerprint density at radius 3 is 2.40 bits per heavy atom. The summed E-state index contributed by atoms with van der Waals surface area (Å²) in [4.78, 5) is 41.1. The quantitative estimate of drug-likeness (QED) is 0.616. The second kappa shape index (κ2) is 5.33. The molecule has 0 bridgehead atoms. The fourth-order valence-corrected chi connectivity index (χ4v) is 2.96. The summed E-state index contributed by atoms with van der Waals surface area (Å²) in [5.74, 6) is 0.000993. The lowest BCUT2D eigenvalue weighted by molar-refractivity contribution is -0.141. The minimum Gasteiger partial charge on any atom is -0.468 e. The lowest BCUT2D eigenvalue weighted by Crippen LogP contribution is -2.37. The largest absolute Gasteiger partial charge is 0.468 e. The molecule has 3 aromatic heterocycles. The molecule has 0 aliphatic heterocycles. The minimum atomic E-state index is -0.450. The zero-order chi connectivity index (χ0) is 18.7. The molecule has 0 N–H and O–H groups in total. The molecular weight excluding hydrogens is 326 g/mol. The van der Waals surface area contributed by atoms with E-state index >= 15 is 0 Å². The molecule has 0 aliphatic rings. The van der Waals surface area contributed by atoms with Gasteiger partial charge in [-0.2, -0.15) is 4.98 Å². The van der Waals surface area contributed by atoms with E-state index in [1.165, 1.54) is 18.7 Å². The van der Waals surface area contributed by atoms with Crippen molar-refractivity contribution in [2.45, 2.75) is 32.7 Å². The summed E-state index contributed by atoms with van der Waals surface area (Å²) >= 11 is 0. The first-order chi connectivity index (χ1) is 11.6. The molecule has 9 nitrogen and oxygen atoms in total. The van der Waals surface area contributed by atoms with Crippen molar-refractivity contribution in [3.8, 4) is 0 Å². The Balaban J connectivity index is 2.49. The number of ether oxygens (including phenoxy) is 1. The Morgan fingerprint density at radius 2 is 1.84 bits per heavy atom. The van der Waals surface area contributed by atoms with Crippen LogP contribution < -0.4 is 11.2 Å². The lowest BCUT2D eigenvalue weighted by atomic mass is 9.92. The highest BCUT2D eigenvalue weighted by molar-refractivity contribution is 5.77. The first-order valence-corrected chi connectivity index (χ1v) is 7.82. The Morgan fingerprint density at radius 1 is 1.20 bits per heavy atom. The van der Waals surface area contributed by atoms with Gasteiger partial charge in [-0.05, 0) is 0 Å². The second-order valence-electron chi connectivity index (χ2n) is 7.09. The molecule has 25 heavy (non-hydrogen) atoms. The van der Waals surface area contributed by atoms with Gasteiger partial charge in [-0.15, -0.1) is 0 Å². The fraction of sp³-hybridized carbons (Fsp3) is 0.500. The molecule has 3 aromatic rings. The van der Waals surface area contributed by atoms with Crippen LogP contribution >= 0.6 is 0 Å². The summed E-state index contributed by atoms with van der Waals surface area (Å²) in [5.41, 5.74) is 0.247. The average molecular weight is 347 g/mol. The molecule has 0 atom stereocenters. The maximum atomic E-state index is 12.6. The maximum absolute atomic E-state index is 12.6. The average Bonchev–Trinajstić information content (AvgIpc) is 3.07. The first kappa shape index (κ1) is 17.0. The molecule has 3 heterocycles. The van der Waals surface area contributed by atoms with Crippen LogP contribution in [-0.2, 0) is 35.6 Å². The Kier molecular flexibility index (Phi) is 3.63. The molecule has 0 saturated heterocycles. The van der Waals surface area contributed by atoms with E-state index in [0.717, 1.165) is 10.3 Å². The van der Waals surface area contributed by atoms with Gasteiger partial charge in [0.25, 0.3) is 5.56 Å². The van der Waals surface area contributed by atoms with Crippen molar-refractivity contribution in [2.75, 3.05) is 7.11 Å². The molecule has 0 amide bonds. The van der Waals surface area contributed by atoms with Crippen LogP contribution in [0.5, 0.6) is 0 Å². The van der Waals surface area contributed by atoms with Gasteiger partial charge in [0.2, 0.25) is 5.78 Å². The minimum absolute atomic E-state index is 0.0306. The van der Waals surface area contributed by atoms with Gasteiger partial charge in [0.05, 0.1) is 7.11 Å². The predicted octanol–water partition coefficient (Wildman–Crippen LogP) is 0.157. The van der Waals surface area contributed by atoms with E-state index in [2.05, 4.69) is 4.98 Å². The van der Waals surface area contributed by atoms with E-state index in [1.807, 2.05) is 20.8 Å². The Bertz CT molecular complexity index is 1120. The van der Waals surface area contributed by atoms with Gasteiger partial charge in [-0.3, -0.25) is 23.1 Å². The van der Waals surface area contributed by atoms with E-state index in [-0.39, 0.29) is 17.6 Å². The number of hydrogen-bond acceptors (Lipinski definition) is 5. The molecule has 0 unspecified atom stereocenters. The predicted molar refractivity (Wildman–Crippen MR) is 91.9 cm³/mol. The van der Waals surface area contributed by atoms with Gasteiger partial charge < -0.3 is 9.30 Å². The SMILES string of the molecule is COC(=O)Cn1c(C(C)(C)C)cn2c3c(=O)n(C)c(=O)n(C)c3nc12. The summed E-state index contributed by atoms with van der Waals surface area (Å²) in [5, 5.41) is 0. The van der Waals surface area contributed by atoms with Crippen LogP contribution in [0.4, 0.5) is 0 Å². The number of esters is 1. The van der Waals surface area contributed by atoms with Gasteiger partial charge in [-0.1, -0.05) is 20.8 Å². The summed E-state index contributed by atoms with van der Waals surface area (Å²) < 4.78 is 10.5. The van der Waals surface area contributed by atoms with Crippen molar-refractivity contribution >= 4 is 22.9 Å².